The molecule has 1 aromatic heterocycles. The van der Waals surface area contributed by atoms with Crippen molar-refractivity contribution < 1.29 is 22.7 Å². The van der Waals surface area contributed by atoms with Crippen molar-refractivity contribution in [3.8, 4) is 0 Å². The number of aromatic nitrogens is 2. The molecule has 0 saturated carbocycles. The first kappa shape index (κ1) is 22.8. The smallest absolute Gasteiger partial charge is 0.376 e. The number of ether oxygens (including phenoxy) is 1. The Labute approximate surface area is 181 Å². The minimum absolute atomic E-state index is 0.0168. The normalized spacial score (nSPS) is 18.3. The van der Waals surface area contributed by atoms with Gasteiger partial charge in [-0.2, -0.15) is 18.2 Å². The number of hydrogen-bond donors (Lipinski definition) is 0. The van der Waals surface area contributed by atoms with Crippen molar-refractivity contribution in [3.05, 3.63) is 51.0 Å². The highest BCUT2D eigenvalue weighted by Gasteiger charge is 2.31. The Kier molecular flexibility index (Phi) is 6.34. The molecule has 1 aliphatic heterocycles. The number of alkyl halides is 3. The van der Waals surface area contributed by atoms with Crippen molar-refractivity contribution in [2.75, 3.05) is 6.61 Å². The molecule has 3 rings (SSSR count). The molecule has 1 amide bonds. The Hall–Kier alpha value is -1.87. The van der Waals surface area contributed by atoms with Crippen LogP contribution in [0.5, 0.6) is 0 Å². The van der Waals surface area contributed by atoms with Crippen molar-refractivity contribution >= 4 is 21.8 Å². The second kappa shape index (κ2) is 8.34. The summed E-state index contributed by atoms with van der Waals surface area (Å²) in [4.78, 5) is 17.0. The summed E-state index contributed by atoms with van der Waals surface area (Å²) in [5.41, 5.74) is 0.129. The van der Waals surface area contributed by atoms with Gasteiger partial charge in [-0.1, -0.05) is 36.7 Å². The number of amides is 1. The van der Waals surface area contributed by atoms with Crippen LogP contribution in [0.4, 0.5) is 13.2 Å². The van der Waals surface area contributed by atoms with E-state index in [1.165, 1.54) is 6.07 Å². The molecule has 1 saturated heterocycles. The molecule has 5 nitrogen and oxygen atoms in total. The Morgan fingerprint density at radius 1 is 1.23 bits per heavy atom. The molecule has 0 N–H and O–H groups in total. The number of nitrogens with zero attached hydrogens (tertiary/aromatic N) is 3. The molecule has 1 atom stereocenters. The number of hydrogen-bond acceptors (Lipinski definition) is 2. The van der Waals surface area contributed by atoms with Gasteiger partial charge in [0, 0.05) is 40.9 Å². The predicted molar refractivity (Wildman–Crippen MR) is 110 cm³/mol. The van der Waals surface area contributed by atoms with Gasteiger partial charge in [0.05, 0.1) is 18.2 Å². The number of carbonyl (C=O) groups excluding carboxylic acids is 1. The lowest BCUT2D eigenvalue weighted by Gasteiger charge is -2.21. The largest absolute Gasteiger partial charge is 0.416 e. The van der Waals surface area contributed by atoms with Crippen LogP contribution < -0.4 is 5.49 Å². The van der Waals surface area contributed by atoms with Crippen LogP contribution in [0.25, 0.3) is 0 Å². The Morgan fingerprint density at radius 2 is 1.93 bits per heavy atom. The maximum absolute atomic E-state index is 13.1. The van der Waals surface area contributed by atoms with Gasteiger partial charge in [-0.25, -0.2) is 0 Å². The highest BCUT2D eigenvalue weighted by Crippen LogP contribution is 2.32. The summed E-state index contributed by atoms with van der Waals surface area (Å²) >= 11 is 3.05. The fraction of sp³-hybridized carbons (Fsp3) is 0.524. The fourth-order valence-corrected chi connectivity index (χ4v) is 4.10. The maximum Gasteiger partial charge on any atom is 0.416 e. The standard InChI is InChI=1S/C21H25BrF3N3O2/c1-20(2,3)17-11-18(28(27(17)4)12-16-6-5-7-30-16)26-19(29)13-8-14(21(23,24)25)10-15(22)9-13/h8-11,16H,5-7,12H2,1-4H3/b26-18+/t16-/m1/s1. The summed E-state index contributed by atoms with van der Waals surface area (Å²) in [5, 5.41) is 0. The summed E-state index contributed by atoms with van der Waals surface area (Å²) in [6.07, 6.45) is -2.64. The summed E-state index contributed by atoms with van der Waals surface area (Å²) in [6.45, 7) is 7.37. The molecule has 0 radical (unpaired) electrons. The van der Waals surface area contributed by atoms with Gasteiger partial charge in [-0.3, -0.25) is 14.2 Å². The van der Waals surface area contributed by atoms with E-state index in [2.05, 4.69) is 20.9 Å². The van der Waals surface area contributed by atoms with Crippen LogP contribution in [0, 0.1) is 0 Å². The SMILES string of the molecule is Cn1c(C(C)(C)C)c/c(=N\C(=O)c2cc(Br)cc(C(F)(F)F)c2)n1C[C@H]1CCCO1. The van der Waals surface area contributed by atoms with Gasteiger partial charge in [0.25, 0.3) is 5.91 Å². The lowest BCUT2D eigenvalue weighted by atomic mass is 9.92. The van der Waals surface area contributed by atoms with Gasteiger partial charge in [0.2, 0.25) is 0 Å². The molecule has 0 spiro atoms. The molecule has 9 heteroatoms. The Bertz CT molecular complexity index is 1010. The summed E-state index contributed by atoms with van der Waals surface area (Å²) in [7, 11) is 1.89. The van der Waals surface area contributed by atoms with Gasteiger partial charge in [0.15, 0.2) is 5.49 Å². The summed E-state index contributed by atoms with van der Waals surface area (Å²) in [6, 6.07) is 4.93. The van der Waals surface area contributed by atoms with E-state index in [-0.39, 0.29) is 21.6 Å². The molecule has 1 fully saturated rings. The third-order valence-electron chi connectivity index (χ3n) is 5.10. The molecule has 0 unspecified atom stereocenters. The first-order valence-corrected chi connectivity index (χ1v) is 10.5. The number of halogens is 4. The van der Waals surface area contributed by atoms with Crippen LogP contribution >= 0.6 is 15.9 Å². The highest BCUT2D eigenvalue weighted by molar-refractivity contribution is 9.10. The molecule has 1 aromatic carbocycles. The van der Waals surface area contributed by atoms with Crippen LogP contribution in [0.2, 0.25) is 0 Å². The van der Waals surface area contributed by atoms with Crippen LogP contribution in [-0.2, 0) is 29.9 Å². The van der Waals surface area contributed by atoms with Crippen LogP contribution in [-0.4, -0.2) is 28.0 Å². The van der Waals surface area contributed by atoms with Crippen molar-refractivity contribution in [1.82, 2.24) is 9.36 Å². The van der Waals surface area contributed by atoms with E-state index in [0.29, 0.717) is 18.6 Å². The van der Waals surface area contributed by atoms with E-state index >= 15 is 0 Å². The van der Waals surface area contributed by atoms with Crippen molar-refractivity contribution in [2.24, 2.45) is 12.0 Å². The molecule has 0 bridgehead atoms. The molecular formula is C21H25BrF3N3O2. The fourth-order valence-electron chi connectivity index (χ4n) is 3.61. The quantitative estimate of drug-likeness (QED) is 0.622. The van der Waals surface area contributed by atoms with E-state index in [4.69, 9.17) is 4.74 Å². The number of rotatable bonds is 3. The molecule has 2 aromatic rings. The number of benzene rings is 1. The molecule has 164 valence electrons. The first-order chi connectivity index (χ1) is 13.9. The Balaban J connectivity index is 2.07. The average Bonchev–Trinajstić information content (AvgIpc) is 3.23. The van der Waals surface area contributed by atoms with E-state index in [1.54, 1.807) is 0 Å². The maximum atomic E-state index is 13.1. The Morgan fingerprint density at radius 3 is 2.50 bits per heavy atom. The zero-order valence-electron chi connectivity index (χ0n) is 17.4. The van der Waals surface area contributed by atoms with Crippen molar-refractivity contribution in [2.45, 2.75) is 57.9 Å². The summed E-state index contributed by atoms with van der Waals surface area (Å²) in [5.74, 6) is -0.728. The molecular weight excluding hydrogens is 463 g/mol. The van der Waals surface area contributed by atoms with Crippen LogP contribution in [0.3, 0.4) is 0 Å². The molecule has 2 heterocycles. The van der Waals surface area contributed by atoms with Crippen LogP contribution in [0.15, 0.2) is 33.7 Å². The third kappa shape index (κ3) is 5.06. The van der Waals surface area contributed by atoms with Gasteiger partial charge < -0.3 is 4.74 Å². The van der Waals surface area contributed by atoms with Gasteiger partial charge in [-0.05, 0) is 31.0 Å². The second-order valence-electron chi connectivity index (χ2n) is 8.52. The monoisotopic (exact) mass is 487 g/mol. The number of carbonyl (C=O) groups is 1. The predicted octanol–water partition coefficient (Wildman–Crippen LogP) is 4.83. The van der Waals surface area contributed by atoms with Gasteiger partial charge >= 0.3 is 6.18 Å². The topological polar surface area (TPSA) is 48.5 Å². The second-order valence-corrected chi connectivity index (χ2v) is 9.44. The van der Waals surface area contributed by atoms with Gasteiger partial charge in [-0.15, -0.1) is 0 Å². The highest BCUT2D eigenvalue weighted by atomic mass is 79.9. The average molecular weight is 488 g/mol. The van der Waals surface area contributed by atoms with E-state index in [9.17, 15) is 18.0 Å². The van der Waals surface area contributed by atoms with E-state index < -0.39 is 17.6 Å². The lowest BCUT2D eigenvalue weighted by Crippen LogP contribution is -2.30. The zero-order chi connectivity index (χ0) is 22.3. The molecule has 1 aliphatic rings. The third-order valence-corrected chi connectivity index (χ3v) is 5.56. The van der Waals surface area contributed by atoms with Gasteiger partial charge in [0.1, 0.15) is 0 Å². The van der Waals surface area contributed by atoms with E-state index in [0.717, 1.165) is 30.7 Å². The molecule has 0 aliphatic carbocycles. The zero-order valence-corrected chi connectivity index (χ0v) is 19.0. The minimum atomic E-state index is -4.55. The van der Waals surface area contributed by atoms with Crippen molar-refractivity contribution in [1.29, 1.82) is 0 Å². The first-order valence-electron chi connectivity index (χ1n) is 9.72. The van der Waals surface area contributed by atoms with Crippen LogP contribution in [0.1, 0.15) is 55.2 Å². The van der Waals surface area contributed by atoms with E-state index in [1.807, 2.05) is 43.2 Å². The molecule has 30 heavy (non-hydrogen) atoms. The summed E-state index contributed by atoms with van der Waals surface area (Å²) < 4.78 is 49.1. The van der Waals surface area contributed by atoms with Crippen molar-refractivity contribution in [3.63, 3.8) is 0 Å². The lowest BCUT2D eigenvalue weighted by molar-refractivity contribution is -0.137. The minimum Gasteiger partial charge on any atom is -0.376 e.